The Labute approximate surface area is 185 Å². The SMILES string of the molecule is Cc1cc(N2C(=S)N[C@H](c3ccccn3)[C@H]2c2cccn2-c2ccccn2)ccc1F. The van der Waals surface area contributed by atoms with E-state index in [1.54, 1.807) is 25.4 Å². The molecule has 3 aromatic heterocycles. The largest absolute Gasteiger partial charge is 0.351 e. The smallest absolute Gasteiger partial charge is 0.174 e. The van der Waals surface area contributed by atoms with Gasteiger partial charge in [0.1, 0.15) is 17.7 Å². The third kappa shape index (κ3) is 3.47. The number of aromatic nitrogens is 3. The quantitative estimate of drug-likeness (QED) is 0.468. The lowest BCUT2D eigenvalue weighted by Crippen LogP contribution is -2.30. The van der Waals surface area contributed by atoms with Crippen LogP contribution in [-0.2, 0) is 0 Å². The average molecular weight is 430 g/mol. The van der Waals surface area contributed by atoms with E-state index in [1.165, 1.54) is 6.07 Å². The highest BCUT2D eigenvalue weighted by Crippen LogP contribution is 2.42. The molecule has 5 nitrogen and oxygen atoms in total. The fourth-order valence-electron chi connectivity index (χ4n) is 4.05. The number of aryl methyl sites for hydroxylation is 1. The Bertz CT molecular complexity index is 1230. The van der Waals surface area contributed by atoms with Crippen molar-refractivity contribution in [2.45, 2.75) is 19.0 Å². The second-order valence-electron chi connectivity index (χ2n) is 7.42. The summed E-state index contributed by atoms with van der Waals surface area (Å²) in [5.41, 5.74) is 3.28. The van der Waals surface area contributed by atoms with E-state index >= 15 is 0 Å². The summed E-state index contributed by atoms with van der Waals surface area (Å²) < 4.78 is 16.0. The summed E-state index contributed by atoms with van der Waals surface area (Å²) in [7, 11) is 0. The maximum absolute atomic E-state index is 14.0. The van der Waals surface area contributed by atoms with Gasteiger partial charge in [0, 0.05) is 30.0 Å². The van der Waals surface area contributed by atoms with Crippen molar-refractivity contribution in [3.63, 3.8) is 0 Å². The zero-order valence-electron chi connectivity index (χ0n) is 16.8. The van der Waals surface area contributed by atoms with Crippen LogP contribution in [0.1, 0.15) is 29.0 Å². The van der Waals surface area contributed by atoms with E-state index in [9.17, 15) is 4.39 Å². The summed E-state index contributed by atoms with van der Waals surface area (Å²) in [4.78, 5) is 11.1. The number of hydrogen-bond acceptors (Lipinski definition) is 3. The van der Waals surface area contributed by atoms with Gasteiger partial charge in [-0.2, -0.15) is 0 Å². The van der Waals surface area contributed by atoms with Crippen LogP contribution >= 0.6 is 12.2 Å². The molecule has 1 aliphatic heterocycles. The second kappa shape index (κ2) is 7.92. The van der Waals surface area contributed by atoms with Gasteiger partial charge in [0.15, 0.2) is 5.11 Å². The Morgan fingerprint density at radius 1 is 0.968 bits per heavy atom. The van der Waals surface area contributed by atoms with Gasteiger partial charge in [0.05, 0.1) is 11.7 Å². The molecule has 1 saturated heterocycles. The van der Waals surface area contributed by atoms with Crippen LogP contribution in [0.2, 0.25) is 0 Å². The minimum Gasteiger partial charge on any atom is -0.351 e. The van der Waals surface area contributed by atoms with E-state index in [0.29, 0.717) is 10.7 Å². The van der Waals surface area contributed by atoms with Gasteiger partial charge < -0.3 is 14.8 Å². The molecular weight excluding hydrogens is 409 g/mol. The zero-order valence-corrected chi connectivity index (χ0v) is 17.6. The van der Waals surface area contributed by atoms with Crippen LogP contribution in [0.3, 0.4) is 0 Å². The standard InChI is InChI=1S/C24H20FN5S/c1-16-15-17(10-11-18(16)25)30-23(22(28-24(30)31)19-7-2-4-12-26-19)20-8-6-14-29(20)21-9-3-5-13-27-21/h2-15,22-23H,1H3,(H,28,31)/t22-,23-/m1/s1. The van der Waals surface area contributed by atoms with Crippen LogP contribution in [-0.4, -0.2) is 19.6 Å². The third-order valence-electron chi connectivity index (χ3n) is 5.50. The van der Waals surface area contributed by atoms with Gasteiger partial charge in [-0.1, -0.05) is 12.1 Å². The van der Waals surface area contributed by atoms with Gasteiger partial charge >= 0.3 is 0 Å². The lowest BCUT2D eigenvalue weighted by molar-refractivity contribution is 0.548. The van der Waals surface area contributed by atoms with Crippen LogP contribution in [0.4, 0.5) is 10.1 Å². The van der Waals surface area contributed by atoms with E-state index in [-0.39, 0.29) is 17.9 Å². The van der Waals surface area contributed by atoms with Crippen molar-refractivity contribution in [2.75, 3.05) is 4.90 Å². The van der Waals surface area contributed by atoms with Crippen molar-refractivity contribution in [1.29, 1.82) is 0 Å². The number of nitrogens with zero attached hydrogens (tertiary/aromatic N) is 4. The number of benzene rings is 1. The van der Waals surface area contributed by atoms with Gasteiger partial charge in [-0.15, -0.1) is 0 Å². The first kappa shape index (κ1) is 19.4. The van der Waals surface area contributed by atoms with Crippen LogP contribution in [0.25, 0.3) is 5.82 Å². The lowest BCUT2D eigenvalue weighted by atomic mass is 10.0. The summed E-state index contributed by atoms with van der Waals surface area (Å²) in [6.45, 7) is 1.76. The minimum atomic E-state index is -0.239. The molecule has 4 heterocycles. The Morgan fingerprint density at radius 3 is 2.48 bits per heavy atom. The van der Waals surface area contributed by atoms with Crippen molar-refractivity contribution in [2.24, 2.45) is 0 Å². The average Bonchev–Trinajstić information content (AvgIpc) is 3.41. The molecular formula is C24H20FN5S. The molecule has 154 valence electrons. The van der Waals surface area contributed by atoms with E-state index < -0.39 is 0 Å². The lowest BCUT2D eigenvalue weighted by Gasteiger charge is -2.29. The summed E-state index contributed by atoms with van der Waals surface area (Å²) in [5, 5.41) is 4.01. The van der Waals surface area contributed by atoms with Crippen LogP contribution in [0, 0.1) is 12.7 Å². The fourth-order valence-corrected chi connectivity index (χ4v) is 4.40. The van der Waals surface area contributed by atoms with Crippen molar-refractivity contribution >= 4 is 23.0 Å². The van der Waals surface area contributed by atoms with Crippen molar-refractivity contribution in [3.8, 4) is 5.82 Å². The molecule has 1 N–H and O–H groups in total. The molecule has 0 radical (unpaired) electrons. The van der Waals surface area contributed by atoms with Crippen molar-refractivity contribution in [1.82, 2.24) is 19.9 Å². The molecule has 7 heteroatoms. The molecule has 5 rings (SSSR count). The molecule has 0 spiro atoms. The Morgan fingerprint density at radius 2 is 1.77 bits per heavy atom. The van der Waals surface area contributed by atoms with E-state index in [0.717, 1.165) is 22.9 Å². The molecule has 31 heavy (non-hydrogen) atoms. The maximum Gasteiger partial charge on any atom is 0.174 e. The van der Waals surface area contributed by atoms with Crippen molar-refractivity contribution < 1.29 is 4.39 Å². The number of pyridine rings is 2. The highest BCUT2D eigenvalue weighted by Gasteiger charge is 2.42. The molecule has 0 unspecified atom stereocenters. The normalized spacial score (nSPS) is 18.3. The van der Waals surface area contributed by atoms with Gasteiger partial charge in [0.25, 0.3) is 0 Å². The minimum absolute atomic E-state index is 0.184. The molecule has 1 aromatic carbocycles. The molecule has 0 aliphatic carbocycles. The molecule has 0 saturated carbocycles. The summed E-state index contributed by atoms with van der Waals surface area (Å²) >= 11 is 5.76. The van der Waals surface area contributed by atoms with Gasteiger partial charge in [0.2, 0.25) is 0 Å². The first-order chi connectivity index (χ1) is 15.1. The van der Waals surface area contributed by atoms with E-state index in [4.69, 9.17) is 12.2 Å². The predicted octanol–water partition coefficient (Wildman–Crippen LogP) is 4.89. The first-order valence-corrected chi connectivity index (χ1v) is 10.4. The molecule has 0 amide bonds. The number of rotatable bonds is 4. The Kier molecular flexibility index (Phi) is 4.95. The number of hydrogen-bond donors (Lipinski definition) is 1. The zero-order chi connectivity index (χ0) is 21.4. The summed E-state index contributed by atoms with van der Waals surface area (Å²) in [5.74, 6) is 0.576. The van der Waals surface area contributed by atoms with Gasteiger partial charge in [-0.05, 0) is 79.3 Å². The van der Waals surface area contributed by atoms with E-state index in [2.05, 4.69) is 25.9 Å². The third-order valence-corrected chi connectivity index (χ3v) is 5.81. The summed E-state index contributed by atoms with van der Waals surface area (Å²) in [6.07, 6.45) is 5.54. The topological polar surface area (TPSA) is 46.0 Å². The van der Waals surface area contributed by atoms with Crippen LogP contribution < -0.4 is 10.2 Å². The van der Waals surface area contributed by atoms with Crippen LogP contribution in [0.15, 0.2) is 85.3 Å². The number of nitrogens with one attached hydrogen (secondary N) is 1. The monoisotopic (exact) mass is 429 g/mol. The molecule has 4 aromatic rings. The number of anilines is 1. The Balaban J connectivity index is 1.68. The molecule has 1 aliphatic rings. The second-order valence-corrected chi connectivity index (χ2v) is 7.81. The Hall–Kier alpha value is -3.58. The molecule has 1 fully saturated rings. The molecule has 0 bridgehead atoms. The highest BCUT2D eigenvalue weighted by molar-refractivity contribution is 7.80. The highest BCUT2D eigenvalue weighted by atomic mass is 32.1. The predicted molar refractivity (Wildman–Crippen MR) is 123 cm³/mol. The van der Waals surface area contributed by atoms with E-state index in [1.807, 2.05) is 59.6 Å². The van der Waals surface area contributed by atoms with Gasteiger partial charge in [-0.3, -0.25) is 4.98 Å². The summed E-state index contributed by atoms with van der Waals surface area (Å²) in [6, 6.07) is 20.4. The maximum atomic E-state index is 14.0. The first-order valence-electron chi connectivity index (χ1n) is 9.99. The number of thiocarbonyl (C=S) groups is 1. The van der Waals surface area contributed by atoms with Crippen LogP contribution in [0.5, 0.6) is 0 Å². The van der Waals surface area contributed by atoms with Gasteiger partial charge in [-0.25, -0.2) is 9.37 Å². The number of halogens is 1. The molecule has 2 atom stereocenters. The fraction of sp³-hybridized carbons (Fsp3) is 0.125. The van der Waals surface area contributed by atoms with Crippen molar-refractivity contribution in [3.05, 3.63) is 108 Å².